The molecule has 1 saturated heterocycles. The Hall–Kier alpha value is -4.15. The Morgan fingerprint density at radius 2 is 2.00 bits per heavy atom. The molecule has 4 aromatic rings. The molecule has 0 spiro atoms. The van der Waals surface area contributed by atoms with Gasteiger partial charge in [0.25, 0.3) is 5.91 Å². The lowest BCUT2D eigenvalue weighted by atomic mass is 10.1. The van der Waals surface area contributed by atoms with Gasteiger partial charge < -0.3 is 24.3 Å². The summed E-state index contributed by atoms with van der Waals surface area (Å²) in [6.45, 7) is 11.4. The van der Waals surface area contributed by atoms with Crippen molar-refractivity contribution >= 4 is 39.9 Å². The number of anilines is 2. The molecule has 1 aliphatic heterocycles. The van der Waals surface area contributed by atoms with Gasteiger partial charge in [-0.05, 0) is 53.2 Å². The van der Waals surface area contributed by atoms with Gasteiger partial charge in [-0.2, -0.15) is 5.10 Å². The van der Waals surface area contributed by atoms with Gasteiger partial charge in [0.2, 0.25) is 0 Å². The van der Waals surface area contributed by atoms with Crippen molar-refractivity contribution in [2.24, 2.45) is 0 Å². The lowest BCUT2D eigenvalue weighted by molar-refractivity contribution is 0.0237. The molecule has 1 N–H and O–H groups in total. The third kappa shape index (κ3) is 5.25. The highest BCUT2D eigenvalue weighted by atomic mass is 19.1. The van der Waals surface area contributed by atoms with E-state index in [-0.39, 0.29) is 23.7 Å². The zero-order valence-corrected chi connectivity index (χ0v) is 23.2. The maximum Gasteiger partial charge on any atom is 0.410 e. The Labute approximate surface area is 226 Å². The molecule has 4 heterocycles. The second kappa shape index (κ2) is 9.87. The van der Waals surface area contributed by atoms with Crippen LogP contribution in [0.2, 0.25) is 0 Å². The molecule has 0 saturated carbocycles. The summed E-state index contributed by atoms with van der Waals surface area (Å²) in [6.07, 6.45) is 5.73. The summed E-state index contributed by atoms with van der Waals surface area (Å²) in [5.41, 5.74) is 2.56. The number of benzene rings is 1. The molecule has 1 fully saturated rings. The number of halogens is 1. The SMILES string of the molecule is CCn1cc2c(N3CC[C@H](N(C)C(=O)OC(C)(C)C)C3)ccc(C(=O)Nc3cc(F)c4nc(C)cn4c3)c2n1. The fourth-order valence-corrected chi connectivity index (χ4v) is 4.97. The van der Waals surface area contributed by atoms with Gasteiger partial charge in [0.1, 0.15) is 11.1 Å². The average Bonchev–Trinajstić information content (AvgIpc) is 3.59. The monoisotopic (exact) mass is 535 g/mol. The molecule has 0 bridgehead atoms. The van der Waals surface area contributed by atoms with Crippen LogP contribution in [0.15, 0.2) is 36.8 Å². The van der Waals surface area contributed by atoms with E-state index in [0.29, 0.717) is 35.6 Å². The Morgan fingerprint density at radius 1 is 1.23 bits per heavy atom. The second-order valence-electron chi connectivity index (χ2n) is 11.0. The van der Waals surface area contributed by atoms with Crippen LogP contribution >= 0.6 is 0 Å². The Balaban J connectivity index is 1.40. The van der Waals surface area contributed by atoms with Crippen LogP contribution in [0, 0.1) is 12.7 Å². The third-order valence-electron chi connectivity index (χ3n) is 6.89. The van der Waals surface area contributed by atoms with Crippen LogP contribution in [-0.4, -0.2) is 67.8 Å². The van der Waals surface area contributed by atoms with Gasteiger partial charge in [-0.25, -0.2) is 14.2 Å². The third-order valence-corrected chi connectivity index (χ3v) is 6.89. The van der Waals surface area contributed by atoms with Crippen molar-refractivity contribution in [3.63, 3.8) is 0 Å². The minimum absolute atomic E-state index is 0.00396. The zero-order valence-electron chi connectivity index (χ0n) is 23.2. The van der Waals surface area contributed by atoms with Crippen LogP contribution in [0.5, 0.6) is 0 Å². The maximum atomic E-state index is 14.6. The molecule has 11 heteroatoms. The minimum atomic E-state index is -0.559. The van der Waals surface area contributed by atoms with E-state index in [9.17, 15) is 14.0 Å². The summed E-state index contributed by atoms with van der Waals surface area (Å²) in [6, 6.07) is 4.93. The van der Waals surface area contributed by atoms with Crippen molar-refractivity contribution in [2.75, 3.05) is 30.4 Å². The highest BCUT2D eigenvalue weighted by Gasteiger charge is 2.32. The van der Waals surface area contributed by atoms with Crippen LogP contribution in [0.1, 0.15) is 50.2 Å². The van der Waals surface area contributed by atoms with E-state index >= 15 is 0 Å². The smallest absolute Gasteiger partial charge is 0.410 e. The van der Waals surface area contributed by atoms with Crippen LogP contribution in [0.25, 0.3) is 16.6 Å². The molecule has 1 aromatic carbocycles. The first-order chi connectivity index (χ1) is 18.4. The number of ether oxygens (including phenoxy) is 1. The highest BCUT2D eigenvalue weighted by molar-refractivity contribution is 6.14. The van der Waals surface area contributed by atoms with E-state index in [2.05, 4.69) is 20.3 Å². The van der Waals surface area contributed by atoms with E-state index in [1.54, 1.807) is 46.4 Å². The lowest BCUT2D eigenvalue weighted by Crippen LogP contribution is -2.42. The molecule has 0 aliphatic carbocycles. The van der Waals surface area contributed by atoms with Gasteiger partial charge in [-0.1, -0.05) is 0 Å². The number of hydrogen-bond donors (Lipinski definition) is 1. The molecule has 1 aliphatic rings. The fourth-order valence-electron chi connectivity index (χ4n) is 4.97. The number of aromatic nitrogens is 4. The van der Waals surface area contributed by atoms with Crippen molar-refractivity contribution in [3.8, 4) is 0 Å². The van der Waals surface area contributed by atoms with Gasteiger partial charge in [0, 0.05) is 62.4 Å². The maximum absolute atomic E-state index is 14.6. The Bertz CT molecular complexity index is 1570. The van der Waals surface area contributed by atoms with Crippen molar-refractivity contribution < 1.29 is 18.7 Å². The van der Waals surface area contributed by atoms with Gasteiger partial charge in [0.05, 0.1) is 23.0 Å². The number of nitrogens with one attached hydrogen (secondary N) is 1. The molecule has 3 aromatic heterocycles. The molecule has 1 atom stereocenters. The number of pyridine rings is 1. The number of hydrogen-bond acceptors (Lipinski definition) is 6. The summed E-state index contributed by atoms with van der Waals surface area (Å²) in [5, 5.41) is 8.33. The quantitative estimate of drug-likeness (QED) is 0.393. The number of imidazole rings is 1. The van der Waals surface area contributed by atoms with E-state index in [1.807, 2.05) is 40.0 Å². The molecule has 206 valence electrons. The van der Waals surface area contributed by atoms with Crippen LogP contribution in [-0.2, 0) is 11.3 Å². The van der Waals surface area contributed by atoms with E-state index in [0.717, 1.165) is 24.0 Å². The first kappa shape index (κ1) is 26.5. The molecular weight excluding hydrogens is 501 g/mol. The predicted octanol–water partition coefficient (Wildman–Crippen LogP) is 4.85. The average molecular weight is 536 g/mol. The molecule has 5 rings (SSSR count). The van der Waals surface area contributed by atoms with Crippen molar-refractivity contribution in [3.05, 3.63) is 53.9 Å². The summed E-state index contributed by atoms with van der Waals surface area (Å²) < 4.78 is 23.5. The van der Waals surface area contributed by atoms with E-state index in [1.165, 1.54) is 6.07 Å². The topological polar surface area (TPSA) is 97.0 Å². The van der Waals surface area contributed by atoms with E-state index < -0.39 is 11.4 Å². The fraction of sp³-hybridized carbons (Fsp3) is 0.429. The van der Waals surface area contributed by atoms with Crippen molar-refractivity contribution in [2.45, 2.75) is 59.2 Å². The Morgan fingerprint density at radius 3 is 2.72 bits per heavy atom. The molecule has 39 heavy (non-hydrogen) atoms. The largest absolute Gasteiger partial charge is 0.444 e. The molecular formula is C28H34FN7O3. The number of nitrogens with zero attached hydrogens (tertiary/aromatic N) is 6. The van der Waals surface area contributed by atoms with Gasteiger partial charge in [-0.3, -0.25) is 9.48 Å². The summed E-state index contributed by atoms with van der Waals surface area (Å²) in [5.74, 6) is -0.899. The summed E-state index contributed by atoms with van der Waals surface area (Å²) in [4.78, 5) is 34.0. The van der Waals surface area contributed by atoms with Crippen LogP contribution in [0.4, 0.5) is 20.6 Å². The molecule has 2 amide bonds. The van der Waals surface area contributed by atoms with Gasteiger partial charge in [-0.15, -0.1) is 0 Å². The first-order valence-corrected chi connectivity index (χ1v) is 13.1. The number of fused-ring (bicyclic) bond motifs is 2. The number of rotatable bonds is 5. The normalized spacial score (nSPS) is 15.8. The number of likely N-dealkylation sites (N-methyl/N-ethyl adjacent to an activating group) is 1. The van der Waals surface area contributed by atoms with Crippen molar-refractivity contribution in [1.29, 1.82) is 0 Å². The molecule has 0 unspecified atom stereocenters. The van der Waals surface area contributed by atoms with Gasteiger partial charge >= 0.3 is 6.09 Å². The van der Waals surface area contributed by atoms with Crippen LogP contribution in [0.3, 0.4) is 0 Å². The van der Waals surface area contributed by atoms with Crippen LogP contribution < -0.4 is 10.2 Å². The standard InChI is InChI=1S/C28H34FN7O3/c1-7-36-16-21-23(34-11-10-19(15-34)33(6)27(38)39-28(3,4)5)9-8-20(24(21)32-36)26(37)31-18-12-22(29)25-30-17(2)13-35(25)14-18/h8-9,12-14,16,19H,7,10-11,15H2,1-6H3,(H,31,37)/t19-/m0/s1. The molecule has 10 nitrogen and oxygen atoms in total. The van der Waals surface area contributed by atoms with Crippen molar-refractivity contribution in [1.82, 2.24) is 24.1 Å². The number of amides is 2. The van der Waals surface area contributed by atoms with Gasteiger partial charge in [0.15, 0.2) is 11.5 Å². The number of carbonyl (C=O) groups excluding carboxylic acids is 2. The minimum Gasteiger partial charge on any atom is -0.444 e. The first-order valence-electron chi connectivity index (χ1n) is 13.1. The number of aryl methyl sites for hydroxylation is 2. The highest BCUT2D eigenvalue weighted by Crippen LogP contribution is 2.33. The zero-order chi connectivity index (χ0) is 28.1. The Kier molecular flexibility index (Phi) is 6.69. The summed E-state index contributed by atoms with van der Waals surface area (Å²) in [7, 11) is 1.77. The molecule has 0 radical (unpaired) electrons. The second-order valence-corrected chi connectivity index (χ2v) is 11.0. The summed E-state index contributed by atoms with van der Waals surface area (Å²) >= 11 is 0. The van der Waals surface area contributed by atoms with E-state index in [4.69, 9.17) is 4.74 Å². The lowest BCUT2D eigenvalue weighted by Gasteiger charge is -2.29. The predicted molar refractivity (Wildman–Crippen MR) is 148 cm³/mol. The number of carbonyl (C=O) groups is 2.